The Kier molecular flexibility index (Phi) is 9.00. The van der Waals surface area contributed by atoms with Crippen molar-refractivity contribution in [2.45, 2.75) is 37.5 Å². The van der Waals surface area contributed by atoms with Gasteiger partial charge in [-0.15, -0.1) is 11.3 Å². The summed E-state index contributed by atoms with van der Waals surface area (Å²) in [4.78, 5) is 10.4. The zero-order chi connectivity index (χ0) is 44.8. The van der Waals surface area contributed by atoms with E-state index in [2.05, 4.69) is 217 Å². The molecule has 9 aromatic carbocycles. The molecule has 0 saturated heterocycles. The lowest BCUT2D eigenvalue weighted by molar-refractivity contribution is 0.353. The van der Waals surface area contributed by atoms with Crippen LogP contribution in [-0.4, -0.2) is 14.5 Å². The molecule has 1 fully saturated rings. The summed E-state index contributed by atoms with van der Waals surface area (Å²) in [6.45, 7) is 0. The standard InChI is InChI=1S/C64H45N3S/c1-4-15-41(16-5-1)42-25-27-44(28-26-42)63-65-57(43-17-6-2-7-18-43)40-58(66-63)47-20-14-19-45(35-47)46-29-31-50-54-38-56-53(49-21-8-10-23-55(49)64(56)33-12-3-13-34-64)39-60(54)67(59(50)36-46)48-30-32-52-51-22-9-11-24-61(51)68-62(52)37-48/h1-2,4-11,14-32,35-40H,3,12-13,33-34H2. The van der Waals surface area contributed by atoms with Crippen molar-refractivity contribution in [3.05, 3.63) is 223 Å². The number of rotatable bonds is 6. The maximum absolute atomic E-state index is 5.28. The second kappa shape index (κ2) is 15.6. The van der Waals surface area contributed by atoms with Crippen molar-refractivity contribution in [1.82, 2.24) is 14.5 Å². The maximum atomic E-state index is 5.28. The van der Waals surface area contributed by atoms with Gasteiger partial charge in [-0.1, -0.05) is 183 Å². The number of hydrogen-bond donors (Lipinski definition) is 0. The van der Waals surface area contributed by atoms with Crippen LogP contribution in [0.1, 0.15) is 43.2 Å². The first kappa shape index (κ1) is 39.3. The highest BCUT2D eigenvalue weighted by atomic mass is 32.1. The zero-order valence-corrected chi connectivity index (χ0v) is 38.3. The van der Waals surface area contributed by atoms with Gasteiger partial charge >= 0.3 is 0 Å². The van der Waals surface area contributed by atoms with Crippen LogP contribution >= 0.6 is 11.3 Å². The van der Waals surface area contributed by atoms with E-state index in [1.807, 2.05) is 11.3 Å². The molecule has 0 unspecified atom stereocenters. The van der Waals surface area contributed by atoms with Crippen LogP contribution in [0.5, 0.6) is 0 Å². The van der Waals surface area contributed by atoms with Crippen LogP contribution in [0.2, 0.25) is 0 Å². The third-order valence-corrected chi connectivity index (χ3v) is 16.2. The van der Waals surface area contributed by atoms with Crippen LogP contribution in [0.4, 0.5) is 0 Å². The minimum atomic E-state index is 0.0794. The monoisotopic (exact) mass is 887 g/mol. The van der Waals surface area contributed by atoms with E-state index in [1.54, 1.807) is 0 Å². The van der Waals surface area contributed by atoms with Crippen molar-refractivity contribution in [2.75, 3.05) is 0 Å². The molecule has 3 heterocycles. The van der Waals surface area contributed by atoms with Gasteiger partial charge in [0.25, 0.3) is 0 Å². The lowest BCUT2D eigenvalue weighted by Crippen LogP contribution is -2.27. The molecule has 12 aromatic rings. The molecular weight excluding hydrogens is 843 g/mol. The van der Waals surface area contributed by atoms with Crippen molar-refractivity contribution in [3.63, 3.8) is 0 Å². The molecule has 3 nitrogen and oxygen atoms in total. The zero-order valence-electron chi connectivity index (χ0n) is 37.5. The molecule has 0 bridgehead atoms. The van der Waals surface area contributed by atoms with Gasteiger partial charge in [0.15, 0.2) is 5.82 Å². The van der Waals surface area contributed by atoms with E-state index in [1.165, 1.54) is 119 Å². The van der Waals surface area contributed by atoms with E-state index in [9.17, 15) is 0 Å². The van der Waals surface area contributed by atoms with Crippen molar-refractivity contribution in [3.8, 4) is 73.0 Å². The summed E-state index contributed by atoms with van der Waals surface area (Å²) in [6, 6.07) is 78.0. The van der Waals surface area contributed by atoms with E-state index in [0.29, 0.717) is 5.82 Å². The summed E-state index contributed by atoms with van der Waals surface area (Å²) < 4.78 is 5.17. The van der Waals surface area contributed by atoms with Crippen molar-refractivity contribution >= 4 is 53.3 Å². The number of benzene rings is 9. The van der Waals surface area contributed by atoms with Gasteiger partial charge in [-0.05, 0) is 106 Å². The van der Waals surface area contributed by atoms with E-state index in [0.717, 1.165) is 33.6 Å². The Balaban J connectivity index is 0.936. The molecule has 0 amide bonds. The van der Waals surface area contributed by atoms with Gasteiger partial charge in [0.1, 0.15) is 0 Å². The average Bonchev–Trinajstić information content (AvgIpc) is 4.03. The maximum Gasteiger partial charge on any atom is 0.160 e. The molecule has 14 rings (SSSR count). The lowest BCUT2D eigenvalue weighted by Gasteiger charge is -2.36. The average molecular weight is 888 g/mol. The normalized spacial score (nSPS) is 14.0. The first-order valence-corrected chi connectivity index (χ1v) is 24.8. The summed E-state index contributed by atoms with van der Waals surface area (Å²) in [6.07, 6.45) is 6.30. The quantitative estimate of drug-likeness (QED) is 0.167. The topological polar surface area (TPSA) is 30.7 Å². The second-order valence-electron chi connectivity index (χ2n) is 18.8. The molecule has 322 valence electrons. The Bertz CT molecular complexity index is 3930. The highest BCUT2D eigenvalue weighted by Crippen LogP contribution is 2.57. The Morgan fingerprint density at radius 3 is 1.82 bits per heavy atom. The molecule has 0 radical (unpaired) electrons. The molecule has 2 aliphatic carbocycles. The van der Waals surface area contributed by atoms with Crippen LogP contribution in [-0.2, 0) is 5.41 Å². The van der Waals surface area contributed by atoms with E-state index >= 15 is 0 Å². The molecule has 4 heteroatoms. The predicted octanol–water partition coefficient (Wildman–Crippen LogP) is 17.5. The Morgan fingerprint density at radius 1 is 0.368 bits per heavy atom. The fraction of sp³-hybridized carbons (Fsp3) is 0.0938. The molecule has 3 aromatic heterocycles. The summed E-state index contributed by atoms with van der Waals surface area (Å²) >= 11 is 1.88. The molecule has 0 atom stereocenters. The number of aromatic nitrogens is 3. The smallest absolute Gasteiger partial charge is 0.160 e. The minimum Gasteiger partial charge on any atom is -0.309 e. The van der Waals surface area contributed by atoms with Gasteiger partial charge in [0, 0.05) is 58.7 Å². The number of fused-ring (bicyclic) bond motifs is 11. The lowest BCUT2D eigenvalue weighted by atomic mass is 9.68. The first-order valence-electron chi connectivity index (χ1n) is 24.0. The molecular formula is C64H45N3S. The molecule has 2 aliphatic rings. The van der Waals surface area contributed by atoms with Gasteiger partial charge in [-0.3, -0.25) is 0 Å². The summed E-state index contributed by atoms with van der Waals surface area (Å²) in [5, 5.41) is 5.25. The van der Waals surface area contributed by atoms with Crippen LogP contribution in [0, 0.1) is 0 Å². The number of nitrogens with zero attached hydrogens (tertiary/aromatic N) is 3. The fourth-order valence-electron chi connectivity index (χ4n) is 11.7. The Morgan fingerprint density at radius 2 is 0.985 bits per heavy atom. The SMILES string of the molecule is c1ccc(-c2ccc(-c3nc(-c4ccccc4)cc(-c4cccc(-c5ccc6c7cc8c(cc7n(-c7ccc9c(c7)sc7ccccc79)c6c5)-c5ccccc5C85CCCCC5)c4)n3)cc2)cc1. The van der Waals surface area contributed by atoms with Gasteiger partial charge in [0.05, 0.1) is 22.4 Å². The van der Waals surface area contributed by atoms with Crippen molar-refractivity contribution in [1.29, 1.82) is 0 Å². The first-order chi connectivity index (χ1) is 33.6. The van der Waals surface area contributed by atoms with Crippen LogP contribution < -0.4 is 0 Å². The van der Waals surface area contributed by atoms with Gasteiger partial charge < -0.3 is 4.57 Å². The molecule has 0 aliphatic heterocycles. The van der Waals surface area contributed by atoms with Crippen molar-refractivity contribution < 1.29 is 0 Å². The van der Waals surface area contributed by atoms with Crippen LogP contribution in [0.15, 0.2) is 212 Å². The Labute approximate surface area is 399 Å². The minimum absolute atomic E-state index is 0.0794. The highest BCUT2D eigenvalue weighted by molar-refractivity contribution is 7.25. The van der Waals surface area contributed by atoms with Gasteiger partial charge in [-0.2, -0.15) is 0 Å². The summed E-state index contributed by atoms with van der Waals surface area (Å²) in [5.74, 6) is 0.706. The van der Waals surface area contributed by atoms with Gasteiger partial charge in [0.2, 0.25) is 0 Å². The van der Waals surface area contributed by atoms with Crippen molar-refractivity contribution in [2.24, 2.45) is 0 Å². The van der Waals surface area contributed by atoms with Crippen LogP contribution in [0.3, 0.4) is 0 Å². The third kappa shape index (κ3) is 6.24. The number of hydrogen-bond acceptors (Lipinski definition) is 3. The van der Waals surface area contributed by atoms with Gasteiger partial charge in [-0.25, -0.2) is 9.97 Å². The Hall–Kier alpha value is -7.92. The molecule has 0 N–H and O–H groups in total. The summed E-state index contributed by atoms with van der Waals surface area (Å²) in [7, 11) is 0. The largest absolute Gasteiger partial charge is 0.309 e. The number of thiophene rings is 1. The molecule has 1 saturated carbocycles. The second-order valence-corrected chi connectivity index (χ2v) is 19.9. The molecule has 68 heavy (non-hydrogen) atoms. The van der Waals surface area contributed by atoms with Crippen LogP contribution in [0.25, 0.3) is 115 Å². The predicted molar refractivity (Wildman–Crippen MR) is 286 cm³/mol. The fourth-order valence-corrected chi connectivity index (χ4v) is 12.9. The highest BCUT2D eigenvalue weighted by Gasteiger charge is 2.44. The van der Waals surface area contributed by atoms with E-state index in [-0.39, 0.29) is 5.41 Å². The molecule has 1 spiro atoms. The summed E-state index contributed by atoms with van der Waals surface area (Å²) in [5.41, 5.74) is 19.2. The van der Waals surface area contributed by atoms with E-state index < -0.39 is 0 Å². The third-order valence-electron chi connectivity index (χ3n) is 15.0. The van der Waals surface area contributed by atoms with E-state index in [4.69, 9.17) is 9.97 Å².